The van der Waals surface area contributed by atoms with E-state index in [-0.39, 0.29) is 11.2 Å². The Morgan fingerprint density at radius 2 is 2.19 bits per heavy atom. The molecule has 6 heteroatoms. The van der Waals surface area contributed by atoms with Crippen molar-refractivity contribution >= 4 is 17.7 Å². The highest BCUT2D eigenvalue weighted by molar-refractivity contribution is 8.00. The van der Waals surface area contributed by atoms with Crippen LogP contribution in [0.2, 0.25) is 0 Å². The first-order valence-corrected chi connectivity index (χ1v) is 8.35. The molecule has 0 bridgehead atoms. The van der Waals surface area contributed by atoms with Gasteiger partial charge in [-0.1, -0.05) is 25.1 Å². The zero-order valence-electron chi connectivity index (χ0n) is 13.3. The third-order valence-electron chi connectivity index (χ3n) is 2.93. The van der Waals surface area contributed by atoms with Crippen molar-refractivity contribution in [1.82, 2.24) is 15.0 Å². The normalized spacial score (nSPS) is 12.4. The monoisotopic (exact) mass is 311 g/mol. The zero-order chi connectivity index (χ0) is 15.8. The quantitative estimate of drug-likeness (QED) is 0.656. The van der Waals surface area contributed by atoms with Crippen LogP contribution in [0.15, 0.2) is 17.2 Å². The molecule has 0 aliphatic rings. The van der Waals surface area contributed by atoms with E-state index < -0.39 is 0 Å². The van der Waals surface area contributed by atoms with Crippen LogP contribution in [0.5, 0.6) is 0 Å². The van der Waals surface area contributed by atoms with E-state index in [4.69, 9.17) is 4.52 Å². The van der Waals surface area contributed by atoms with Gasteiger partial charge in [-0.15, -0.1) is 18.3 Å². The van der Waals surface area contributed by atoms with Gasteiger partial charge in [-0.3, -0.25) is 4.79 Å². The van der Waals surface area contributed by atoms with Crippen LogP contribution in [0.25, 0.3) is 0 Å². The minimum atomic E-state index is -0.0926. The van der Waals surface area contributed by atoms with Gasteiger partial charge in [0.2, 0.25) is 11.8 Å². The lowest BCUT2D eigenvalue weighted by Crippen LogP contribution is -2.36. The Morgan fingerprint density at radius 1 is 1.48 bits per heavy atom. The molecular formula is C15H25N3O2S. The number of thioether (sulfide) groups is 1. The van der Waals surface area contributed by atoms with Crippen LogP contribution < -0.4 is 0 Å². The molecule has 1 aromatic heterocycles. The fourth-order valence-corrected chi connectivity index (χ4v) is 2.56. The maximum Gasteiger partial charge on any atom is 0.235 e. The minimum absolute atomic E-state index is 0.0926. The van der Waals surface area contributed by atoms with Crippen LogP contribution in [-0.2, 0) is 17.8 Å². The molecule has 1 atom stereocenters. The van der Waals surface area contributed by atoms with E-state index in [0.717, 1.165) is 12.2 Å². The maximum atomic E-state index is 12.4. The Kier molecular flexibility index (Phi) is 7.50. The second-order valence-corrected chi connectivity index (χ2v) is 6.69. The van der Waals surface area contributed by atoms with Crippen molar-refractivity contribution in [1.29, 1.82) is 0 Å². The number of hydrogen-bond donors (Lipinski definition) is 0. The fraction of sp³-hybridized carbons (Fsp3) is 0.667. The molecular weight excluding hydrogens is 286 g/mol. The SMILES string of the molecule is C=CCSC(C)C(=O)N(CC)Cc1noc(CC(C)C)n1. The van der Waals surface area contributed by atoms with Crippen LogP contribution >= 0.6 is 11.8 Å². The molecule has 1 unspecified atom stereocenters. The fourth-order valence-electron chi connectivity index (χ4n) is 1.84. The van der Waals surface area contributed by atoms with Crippen molar-refractivity contribution in [3.8, 4) is 0 Å². The standard InChI is InChI=1S/C15H25N3O2S/c1-6-8-21-12(5)15(19)18(7-2)10-13-16-14(20-17-13)9-11(3)4/h6,11-12H,1,7-10H2,2-5H3. The molecule has 21 heavy (non-hydrogen) atoms. The zero-order valence-corrected chi connectivity index (χ0v) is 14.2. The molecule has 0 N–H and O–H groups in total. The molecule has 1 amide bonds. The smallest absolute Gasteiger partial charge is 0.235 e. The van der Waals surface area contributed by atoms with E-state index in [1.807, 2.05) is 19.9 Å². The van der Waals surface area contributed by atoms with Crippen molar-refractivity contribution in [3.05, 3.63) is 24.4 Å². The van der Waals surface area contributed by atoms with Crippen LogP contribution in [0.3, 0.4) is 0 Å². The van der Waals surface area contributed by atoms with Crippen molar-refractivity contribution in [2.24, 2.45) is 5.92 Å². The van der Waals surface area contributed by atoms with Gasteiger partial charge in [0.1, 0.15) is 0 Å². The summed E-state index contributed by atoms with van der Waals surface area (Å²) in [7, 11) is 0. The highest BCUT2D eigenvalue weighted by Crippen LogP contribution is 2.15. The summed E-state index contributed by atoms with van der Waals surface area (Å²) >= 11 is 1.58. The first-order chi connectivity index (χ1) is 9.97. The first kappa shape index (κ1) is 17.8. The van der Waals surface area contributed by atoms with Crippen LogP contribution in [0.4, 0.5) is 0 Å². The molecule has 1 heterocycles. The summed E-state index contributed by atoms with van der Waals surface area (Å²) in [4.78, 5) is 18.5. The minimum Gasteiger partial charge on any atom is -0.339 e. The summed E-state index contributed by atoms with van der Waals surface area (Å²) in [6.45, 7) is 12.8. The van der Waals surface area contributed by atoms with Crippen molar-refractivity contribution < 1.29 is 9.32 Å². The largest absolute Gasteiger partial charge is 0.339 e. The molecule has 0 fully saturated rings. The molecule has 0 saturated heterocycles. The highest BCUT2D eigenvalue weighted by Gasteiger charge is 2.21. The molecule has 118 valence electrons. The van der Waals surface area contributed by atoms with E-state index in [1.165, 1.54) is 0 Å². The van der Waals surface area contributed by atoms with Gasteiger partial charge in [-0.05, 0) is 19.8 Å². The number of rotatable bonds is 9. The molecule has 0 spiro atoms. The van der Waals surface area contributed by atoms with Crippen molar-refractivity contribution in [3.63, 3.8) is 0 Å². The molecule has 1 rings (SSSR count). The van der Waals surface area contributed by atoms with Gasteiger partial charge in [0.25, 0.3) is 0 Å². The van der Waals surface area contributed by atoms with Gasteiger partial charge < -0.3 is 9.42 Å². The molecule has 0 aliphatic heterocycles. The van der Waals surface area contributed by atoms with Gasteiger partial charge in [0.05, 0.1) is 11.8 Å². The number of aromatic nitrogens is 2. The summed E-state index contributed by atoms with van der Waals surface area (Å²) in [5, 5.41) is 3.87. The predicted molar refractivity (Wildman–Crippen MR) is 86.0 cm³/mol. The molecule has 1 aromatic rings. The van der Waals surface area contributed by atoms with Gasteiger partial charge in [-0.25, -0.2) is 0 Å². The van der Waals surface area contributed by atoms with Gasteiger partial charge in [-0.2, -0.15) is 4.98 Å². The molecule has 0 saturated carbocycles. The number of carbonyl (C=O) groups excluding carboxylic acids is 1. The third kappa shape index (κ3) is 5.91. The molecule has 0 radical (unpaired) electrons. The Bertz CT molecular complexity index is 460. The maximum absolute atomic E-state index is 12.4. The second-order valence-electron chi connectivity index (χ2n) is 5.32. The Balaban J connectivity index is 2.62. The summed E-state index contributed by atoms with van der Waals surface area (Å²) in [6.07, 6.45) is 2.57. The van der Waals surface area contributed by atoms with Gasteiger partial charge >= 0.3 is 0 Å². The van der Waals surface area contributed by atoms with E-state index >= 15 is 0 Å². The Morgan fingerprint density at radius 3 is 2.76 bits per heavy atom. The van der Waals surface area contributed by atoms with E-state index in [1.54, 1.807) is 16.7 Å². The molecule has 5 nitrogen and oxygen atoms in total. The average Bonchev–Trinajstić information content (AvgIpc) is 2.87. The van der Waals surface area contributed by atoms with Crippen LogP contribution in [-0.4, -0.2) is 38.5 Å². The number of carbonyl (C=O) groups is 1. The van der Waals surface area contributed by atoms with Crippen LogP contribution in [0, 0.1) is 5.92 Å². The summed E-state index contributed by atoms with van der Waals surface area (Å²) in [5.74, 6) is 2.54. The van der Waals surface area contributed by atoms with E-state index in [9.17, 15) is 4.79 Å². The second kappa shape index (κ2) is 8.87. The Hall–Kier alpha value is -1.30. The highest BCUT2D eigenvalue weighted by atomic mass is 32.2. The van der Waals surface area contributed by atoms with E-state index in [0.29, 0.717) is 30.7 Å². The average molecular weight is 311 g/mol. The number of amides is 1. The van der Waals surface area contributed by atoms with E-state index in [2.05, 4.69) is 30.6 Å². The Labute approximate surface area is 131 Å². The predicted octanol–water partition coefficient (Wildman–Crippen LogP) is 2.92. The van der Waals surface area contributed by atoms with Gasteiger partial charge in [0, 0.05) is 18.7 Å². The summed E-state index contributed by atoms with van der Waals surface area (Å²) < 4.78 is 5.21. The molecule has 0 aromatic carbocycles. The lowest BCUT2D eigenvalue weighted by atomic mass is 10.1. The number of hydrogen-bond acceptors (Lipinski definition) is 5. The first-order valence-electron chi connectivity index (χ1n) is 7.30. The van der Waals surface area contributed by atoms with Crippen LogP contribution in [0.1, 0.15) is 39.4 Å². The lowest BCUT2D eigenvalue weighted by Gasteiger charge is -2.22. The third-order valence-corrected chi connectivity index (χ3v) is 4.06. The van der Waals surface area contributed by atoms with Crippen molar-refractivity contribution in [2.45, 2.75) is 45.9 Å². The lowest BCUT2D eigenvalue weighted by molar-refractivity contribution is -0.130. The summed E-state index contributed by atoms with van der Waals surface area (Å²) in [6, 6.07) is 0. The molecule has 0 aliphatic carbocycles. The topological polar surface area (TPSA) is 59.2 Å². The van der Waals surface area contributed by atoms with Crippen molar-refractivity contribution in [2.75, 3.05) is 12.3 Å². The number of nitrogens with zero attached hydrogens (tertiary/aromatic N) is 3. The summed E-state index contributed by atoms with van der Waals surface area (Å²) in [5.41, 5.74) is 0. The van der Waals surface area contributed by atoms with Gasteiger partial charge in [0.15, 0.2) is 5.82 Å².